The van der Waals surface area contributed by atoms with Crippen molar-refractivity contribution >= 4 is 0 Å². The van der Waals surface area contributed by atoms with Gasteiger partial charge in [0.25, 0.3) is 5.56 Å². The summed E-state index contributed by atoms with van der Waals surface area (Å²) in [5.41, 5.74) is 0.167. The van der Waals surface area contributed by atoms with Crippen molar-refractivity contribution in [2.45, 2.75) is 38.6 Å². The first-order valence-corrected chi connectivity index (χ1v) is 7.84. The highest BCUT2D eigenvalue weighted by Crippen LogP contribution is 2.56. The second kappa shape index (κ2) is 4.48. The molecule has 4 aliphatic carbocycles. The summed E-state index contributed by atoms with van der Waals surface area (Å²) in [6.45, 7) is 0.823. The van der Waals surface area contributed by atoms with Crippen LogP contribution in [0.3, 0.4) is 0 Å². The van der Waals surface area contributed by atoms with E-state index in [4.69, 9.17) is 5.26 Å². The summed E-state index contributed by atoms with van der Waals surface area (Å²) in [5, 5.41) is 8.99. The fraction of sp³-hybridized carbons (Fsp3) is 0.647. The Labute approximate surface area is 119 Å². The standard InChI is InChI=1S/C17H20N2O/c18-9-13-2-1-3-19(17(13)20)10-16-14-5-11-4-12(7-14)8-15(16)6-11/h1-3,11-12,14-16H,4-8,10H2. The van der Waals surface area contributed by atoms with E-state index >= 15 is 0 Å². The molecule has 1 aromatic rings. The third-order valence-corrected chi connectivity index (χ3v) is 5.97. The molecule has 0 spiro atoms. The first-order chi connectivity index (χ1) is 9.74. The predicted octanol–water partition coefficient (Wildman–Crippen LogP) is 2.79. The minimum absolute atomic E-state index is 0.108. The second-order valence-electron chi connectivity index (χ2n) is 7.09. The Morgan fingerprint density at radius 2 is 1.80 bits per heavy atom. The molecule has 3 nitrogen and oxygen atoms in total. The third kappa shape index (κ3) is 1.82. The Balaban J connectivity index is 1.61. The van der Waals surface area contributed by atoms with Crippen LogP contribution in [0, 0.1) is 40.9 Å². The van der Waals surface area contributed by atoms with Gasteiger partial charge >= 0.3 is 0 Å². The van der Waals surface area contributed by atoms with Crippen molar-refractivity contribution in [1.29, 1.82) is 5.26 Å². The van der Waals surface area contributed by atoms with Gasteiger partial charge in [-0.25, -0.2) is 0 Å². The average Bonchev–Trinajstić information content (AvgIpc) is 2.43. The highest BCUT2D eigenvalue weighted by atomic mass is 16.1. The Kier molecular flexibility index (Phi) is 2.73. The van der Waals surface area contributed by atoms with Gasteiger partial charge in [-0.2, -0.15) is 5.26 Å². The van der Waals surface area contributed by atoms with Crippen LogP contribution in [0.4, 0.5) is 0 Å². The molecular weight excluding hydrogens is 248 g/mol. The van der Waals surface area contributed by atoms with Crippen molar-refractivity contribution in [1.82, 2.24) is 4.57 Å². The molecule has 0 amide bonds. The van der Waals surface area contributed by atoms with Gasteiger partial charge < -0.3 is 4.57 Å². The molecule has 0 atom stereocenters. The van der Waals surface area contributed by atoms with Gasteiger partial charge in [-0.3, -0.25) is 4.79 Å². The van der Waals surface area contributed by atoms with Crippen LogP contribution < -0.4 is 5.56 Å². The van der Waals surface area contributed by atoms with E-state index in [1.165, 1.54) is 32.1 Å². The van der Waals surface area contributed by atoms with Crippen molar-refractivity contribution in [2.75, 3.05) is 0 Å². The Morgan fingerprint density at radius 1 is 1.15 bits per heavy atom. The number of aromatic nitrogens is 1. The number of nitriles is 1. The smallest absolute Gasteiger partial charge is 0.268 e. The molecule has 0 saturated heterocycles. The summed E-state index contributed by atoms with van der Waals surface area (Å²) in [7, 11) is 0. The molecule has 0 N–H and O–H groups in total. The van der Waals surface area contributed by atoms with Crippen molar-refractivity contribution < 1.29 is 0 Å². The maximum atomic E-state index is 12.2. The lowest BCUT2D eigenvalue weighted by molar-refractivity contribution is -0.0433. The molecule has 0 unspecified atom stereocenters. The first kappa shape index (κ1) is 12.2. The van der Waals surface area contributed by atoms with Gasteiger partial charge in [0.05, 0.1) is 0 Å². The van der Waals surface area contributed by atoms with E-state index in [0.29, 0.717) is 5.92 Å². The van der Waals surface area contributed by atoms with E-state index in [9.17, 15) is 4.79 Å². The van der Waals surface area contributed by atoms with Crippen LogP contribution in [0.15, 0.2) is 23.1 Å². The summed E-state index contributed by atoms with van der Waals surface area (Å²) < 4.78 is 1.78. The average molecular weight is 268 g/mol. The van der Waals surface area contributed by atoms with Crippen molar-refractivity contribution in [2.24, 2.45) is 29.6 Å². The van der Waals surface area contributed by atoms with E-state index < -0.39 is 0 Å². The number of nitrogens with zero attached hydrogens (tertiary/aromatic N) is 2. The van der Waals surface area contributed by atoms with E-state index in [2.05, 4.69) is 0 Å². The zero-order valence-electron chi connectivity index (χ0n) is 11.7. The van der Waals surface area contributed by atoms with E-state index in [-0.39, 0.29) is 11.1 Å². The summed E-state index contributed by atoms with van der Waals surface area (Å²) >= 11 is 0. The molecule has 4 aliphatic rings. The zero-order chi connectivity index (χ0) is 13.7. The number of pyridine rings is 1. The lowest BCUT2D eigenvalue weighted by Crippen LogP contribution is -2.47. The number of rotatable bonds is 2. The van der Waals surface area contributed by atoms with Gasteiger partial charge in [0, 0.05) is 12.7 Å². The summed E-state index contributed by atoms with van der Waals surface area (Å²) in [6.07, 6.45) is 8.83. The molecule has 1 heterocycles. The second-order valence-corrected chi connectivity index (χ2v) is 7.09. The van der Waals surface area contributed by atoms with Gasteiger partial charge in [-0.15, -0.1) is 0 Å². The first-order valence-electron chi connectivity index (χ1n) is 7.84. The molecular formula is C17H20N2O. The minimum atomic E-state index is -0.108. The van der Waals surface area contributed by atoms with Gasteiger partial charge in [0.1, 0.15) is 11.6 Å². The Morgan fingerprint density at radius 3 is 2.40 bits per heavy atom. The van der Waals surface area contributed by atoms with Crippen molar-refractivity contribution in [3.8, 4) is 6.07 Å². The molecule has 4 fully saturated rings. The molecule has 1 aromatic heterocycles. The monoisotopic (exact) mass is 268 g/mol. The zero-order valence-corrected chi connectivity index (χ0v) is 11.7. The van der Waals surface area contributed by atoms with E-state index in [0.717, 1.165) is 30.2 Å². The Hall–Kier alpha value is -1.56. The van der Waals surface area contributed by atoms with Crippen LogP contribution in [0.25, 0.3) is 0 Å². The molecule has 0 radical (unpaired) electrons. The molecule has 4 saturated carbocycles. The van der Waals surface area contributed by atoms with Crippen molar-refractivity contribution in [3.05, 3.63) is 34.2 Å². The summed E-state index contributed by atoms with van der Waals surface area (Å²) in [4.78, 5) is 12.2. The molecule has 5 rings (SSSR count). The predicted molar refractivity (Wildman–Crippen MR) is 76.0 cm³/mol. The van der Waals surface area contributed by atoms with Gasteiger partial charge in [0.2, 0.25) is 0 Å². The molecule has 104 valence electrons. The number of hydrogen-bond donors (Lipinski definition) is 0. The lowest BCUT2D eigenvalue weighted by Gasteiger charge is -2.54. The lowest BCUT2D eigenvalue weighted by atomic mass is 9.52. The van der Waals surface area contributed by atoms with Crippen LogP contribution in [0.1, 0.15) is 37.7 Å². The van der Waals surface area contributed by atoms with Gasteiger partial charge in [0.15, 0.2) is 0 Å². The topological polar surface area (TPSA) is 45.8 Å². The van der Waals surface area contributed by atoms with Gasteiger partial charge in [-0.05, 0) is 73.8 Å². The highest BCUT2D eigenvalue weighted by molar-refractivity contribution is 5.25. The fourth-order valence-electron chi connectivity index (χ4n) is 5.33. The highest BCUT2D eigenvalue weighted by Gasteiger charge is 2.48. The van der Waals surface area contributed by atoms with E-state index in [1.54, 1.807) is 10.6 Å². The maximum Gasteiger partial charge on any atom is 0.268 e. The molecule has 0 aromatic carbocycles. The van der Waals surface area contributed by atoms with Crippen LogP contribution in [-0.2, 0) is 6.54 Å². The quantitative estimate of drug-likeness (QED) is 0.828. The molecule has 0 aliphatic heterocycles. The summed E-state index contributed by atoms with van der Waals surface area (Å²) in [5.74, 6) is 4.24. The third-order valence-electron chi connectivity index (χ3n) is 5.97. The summed E-state index contributed by atoms with van der Waals surface area (Å²) in [6, 6.07) is 5.45. The molecule has 4 bridgehead atoms. The molecule has 3 heteroatoms. The minimum Gasteiger partial charge on any atom is -0.314 e. The van der Waals surface area contributed by atoms with Crippen LogP contribution in [-0.4, -0.2) is 4.57 Å². The van der Waals surface area contributed by atoms with Crippen LogP contribution in [0.5, 0.6) is 0 Å². The van der Waals surface area contributed by atoms with Crippen LogP contribution in [0.2, 0.25) is 0 Å². The SMILES string of the molecule is N#Cc1cccn(CC2C3CC4CC(C3)CC2C4)c1=O. The van der Waals surface area contributed by atoms with Crippen molar-refractivity contribution in [3.63, 3.8) is 0 Å². The fourth-order valence-corrected chi connectivity index (χ4v) is 5.33. The van der Waals surface area contributed by atoms with Crippen LogP contribution >= 0.6 is 0 Å². The largest absolute Gasteiger partial charge is 0.314 e. The Bertz CT molecular complexity index is 597. The number of hydrogen-bond acceptors (Lipinski definition) is 2. The molecule has 20 heavy (non-hydrogen) atoms. The maximum absolute atomic E-state index is 12.2. The van der Waals surface area contributed by atoms with Gasteiger partial charge in [-0.1, -0.05) is 0 Å². The normalized spacial score (nSPS) is 37.9. The van der Waals surface area contributed by atoms with E-state index in [1.807, 2.05) is 18.3 Å².